The van der Waals surface area contributed by atoms with E-state index in [0.29, 0.717) is 5.95 Å². The van der Waals surface area contributed by atoms with Gasteiger partial charge >= 0.3 is 0 Å². The molecule has 0 atom stereocenters. The predicted octanol–water partition coefficient (Wildman–Crippen LogP) is 13.6. The standard InChI is InChI=1S/C50H28N4S/c1-2-13-29(14-3-1)48-34-17-6-8-22-37(34)51-50(52-48)54-38-23-9-7-18-35(38)44-41(54)28-27-40-45(44)36-21-10-20-33-31-16-5-4-15-30(31)32-19-11-25-42-46(32)47-39(53(40)49(33)36)24-12-26-43(47)55-42/h1-28H. The second-order valence-electron chi connectivity index (χ2n) is 14.5. The molecule has 0 saturated carbocycles. The molecule has 0 aliphatic heterocycles. The highest BCUT2D eigenvalue weighted by atomic mass is 32.1. The summed E-state index contributed by atoms with van der Waals surface area (Å²) in [6.07, 6.45) is 0. The molecule has 5 heterocycles. The molecule has 0 radical (unpaired) electrons. The fourth-order valence-corrected chi connectivity index (χ4v) is 10.6. The van der Waals surface area contributed by atoms with Gasteiger partial charge in [-0.3, -0.25) is 4.57 Å². The molecule has 55 heavy (non-hydrogen) atoms. The Hall–Kier alpha value is -7.08. The van der Waals surface area contributed by atoms with Crippen molar-refractivity contribution in [2.45, 2.75) is 0 Å². The molecule has 0 N–H and O–H groups in total. The maximum atomic E-state index is 5.37. The molecule has 8 aromatic carbocycles. The minimum atomic E-state index is 0.665. The second kappa shape index (κ2) is 10.8. The summed E-state index contributed by atoms with van der Waals surface area (Å²) in [4.78, 5) is 10.6. The Morgan fingerprint density at radius 1 is 0.364 bits per heavy atom. The Morgan fingerprint density at radius 3 is 1.82 bits per heavy atom. The van der Waals surface area contributed by atoms with Crippen LogP contribution >= 0.6 is 11.3 Å². The van der Waals surface area contributed by atoms with Crippen LogP contribution in [-0.4, -0.2) is 18.9 Å². The van der Waals surface area contributed by atoms with E-state index in [1.165, 1.54) is 79.8 Å². The summed E-state index contributed by atoms with van der Waals surface area (Å²) in [7, 11) is 0. The van der Waals surface area contributed by atoms with Crippen LogP contribution in [0.3, 0.4) is 0 Å². The molecule has 0 saturated heterocycles. The van der Waals surface area contributed by atoms with Gasteiger partial charge in [0.1, 0.15) is 0 Å². The van der Waals surface area contributed by atoms with E-state index < -0.39 is 0 Å². The van der Waals surface area contributed by atoms with Crippen molar-refractivity contribution in [3.8, 4) is 17.2 Å². The lowest BCUT2D eigenvalue weighted by Gasteiger charge is -2.11. The normalized spacial score (nSPS) is 12.4. The van der Waals surface area contributed by atoms with Crippen LogP contribution in [0, 0.1) is 0 Å². The zero-order chi connectivity index (χ0) is 35.8. The van der Waals surface area contributed by atoms with Gasteiger partial charge < -0.3 is 4.40 Å². The maximum absolute atomic E-state index is 5.37. The average molecular weight is 717 g/mol. The lowest BCUT2D eigenvalue weighted by atomic mass is 10.00. The Kier molecular flexibility index (Phi) is 5.74. The third kappa shape index (κ3) is 3.84. The number of aromatic nitrogens is 4. The third-order valence-electron chi connectivity index (χ3n) is 11.7. The van der Waals surface area contributed by atoms with Crippen LogP contribution < -0.4 is 0 Å². The van der Waals surface area contributed by atoms with Gasteiger partial charge in [-0.2, -0.15) is 0 Å². The first-order chi connectivity index (χ1) is 27.3. The van der Waals surface area contributed by atoms with Crippen molar-refractivity contribution >= 4 is 113 Å². The van der Waals surface area contributed by atoms with Crippen molar-refractivity contribution in [3.63, 3.8) is 0 Å². The summed E-state index contributed by atoms with van der Waals surface area (Å²) in [5.41, 5.74) is 8.71. The van der Waals surface area contributed by atoms with E-state index in [4.69, 9.17) is 9.97 Å². The summed E-state index contributed by atoms with van der Waals surface area (Å²) in [6.45, 7) is 0. The van der Waals surface area contributed by atoms with E-state index in [1.807, 2.05) is 11.3 Å². The molecule has 13 rings (SSSR count). The van der Waals surface area contributed by atoms with Crippen LogP contribution in [0.2, 0.25) is 0 Å². The highest BCUT2D eigenvalue weighted by Gasteiger charge is 2.23. The van der Waals surface area contributed by atoms with E-state index >= 15 is 0 Å². The third-order valence-corrected chi connectivity index (χ3v) is 12.8. The van der Waals surface area contributed by atoms with E-state index in [9.17, 15) is 0 Å². The molecule has 254 valence electrons. The van der Waals surface area contributed by atoms with E-state index in [-0.39, 0.29) is 0 Å². The lowest BCUT2D eigenvalue weighted by molar-refractivity contribution is 1.01. The average Bonchev–Trinajstić information content (AvgIpc) is 3.92. The molecule has 0 fully saturated rings. The van der Waals surface area contributed by atoms with Gasteiger partial charge in [0.25, 0.3) is 0 Å². The topological polar surface area (TPSA) is 35.1 Å². The summed E-state index contributed by atoms with van der Waals surface area (Å²) >= 11 is 1.88. The summed E-state index contributed by atoms with van der Waals surface area (Å²) in [5.74, 6) is 0.665. The van der Waals surface area contributed by atoms with Crippen LogP contribution in [0.1, 0.15) is 0 Å². The zero-order valence-electron chi connectivity index (χ0n) is 29.4. The number of fused-ring (bicyclic) bond motifs is 12. The Labute approximate surface area is 317 Å². The smallest absolute Gasteiger partial charge is 0.235 e. The van der Waals surface area contributed by atoms with Gasteiger partial charge in [-0.1, -0.05) is 127 Å². The van der Waals surface area contributed by atoms with Crippen molar-refractivity contribution in [3.05, 3.63) is 170 Å². The Morgan fingerprint density at radius 2 is 0.945 bits per heavy atom. The molecule has 0 bridgehead atoms. The Balaban J connectivity index is 1.27. The van der Waals surface area contributed by atoms with Gasteiger partial charge in [0.2, 0.25) is 5.95 Å². The second-order valence-corrected chi connectivity index (χ2v) is 15.6. The van der Waals surface area contributed by atoms with Crippen LogP contribution in [0.15, 0.2) is 170 Å². The van der Waals surface area contributed by atoms with E-state index in [1.54, 1.807) is 0 Å². The molecule has 13 aromatic rings. The number of benzene rings is 8. The number of rotatable bonds is 2. The lowest BCUT2D eigenvalue weighted by Crippen LogP contribution is -2.03. The maximum Gasteiger partial charge on any atom is 0.235 e. The molecule has 0 spiro atoms. The largest absolute Gasteiger partial charge is 0.308 e. The summed E-state index contributed by atoms with van der Waals surface area (Å²) < 4.78 is 7.43. The van der Waals surface area contributed by atoms with Crippen molar-refractivity contribution in [1.29, 1.82) is 0 Å². The first-order valence-electron chi connectivity index (χ1n) is 18.7. The highest BCUT2D eigenvalue weighted by molar-refractivity contribution is 7.26. The van der Waals surface area contributed by atoms with Crippen LogP contribution in [0.5, 0.6) is 0 Å². The van der Waals surface area contributed by atoms with Gasteiger partial charge in [-0.15, -0.1) is 11.3 Å². The van der Waals surface area contributed by atoms with Gasteiger partial charge in [0.15, 0.2) is 0 Å². The minimum Gasteiger partial charge on any atom is -0.308 e. The van der Waals surface area contributed by atoms with E-state index in [2.05, 4.69) is 179 Å². The van der Waals surface area contributed by atoms with Crippen LogP contribution in [0.4, 0.5) is 0 Å². The first kappa shape index (κ1) is 29.4. The molecule has 4 nitrogen and oxygen atoms in total. The molecule has 0 aliphatic carbocycles. The quantitative estimate of drug-likeness (QED) is 0.179. The first-order valence-corrected chi connectivity index (χ1v) is 19.5. The van der Waals surface area contributed by atoms with Gasteiger partial charge in [-0.05, 0) is 58.6 Å². The minimum absolute atomic E-state index is 0.665. The number of nitrogens with zero attached hydrogens (tertiary/aromatic N) is 4. The number of hydrogen-bond acceptors (Lipinski definition) is 3. The summed E-state index contributed by atoms with van der Waals surface area (Å²) in [5, 5.41) is 13.6. The van der Waals surface area contributed by atoms with Gasteiger partial charge in [0.05, 0.1) is 38.8 Å². The molecule has 5 heteroatoms. The van der Waals surface area contributed by atoms with Crippen molar-refractivity contribution < 1.29 is 0 Å². The fraction of sp³-hybridized carbons (Fsp3) is 0. The fourth-order valence-electron chi connectivity index (χ4n) is 9.49. The zero-order valence-corrected chi connectivity index (χ0v) is 30.2. The van der Waals surface area contributed by atoms with Crippen molar-refractivity contribution in [1.82, 2.24) is 18.9 Å². The number of hydrogen-bond donors (Lipinski definition) is 0. The molecular formula is C50H28N4S. The number of para-hydroxylation sites is 3. The SMILES string of the molecule is c1ccc(-c2nc(-n3c4ccccc4c4c5c6cccc7c8ccccc8c8cccc9sc%10cccc(c%10c98)n(c5ccc43)c76)nc3ccccc23)cc1. The van der Waals surface area contributed by atoms with Gasteiger partial charge in [-0.25, -0.2) is 9.97 Å². The predicted molar refractivity (Wildman–Crippen MR) is 233 cm³/mol. The summed E-state index contributed by atoms with van der Waals surface area (Å²) in [6, 6.07) is 61.6. The highest BCUT2D eigenvalue weighted by Crippen LogP contribution is 2.47. The molecule has 0 unspecified atom stereocenters. The van der Waals surface area contributed by atoms with Crippen molar-refractivity contribution in [2.75, 3.05) is 0 Å². The number of thiophene rings is 1. The molecular weight excluding hydrogens is 689 g/mol. The Bertz CT molecular complexity index is 3780. The van der Waals surface area contributed by atoms with Gasteiger partial charge in [0, 0.05) is 58.1 Å². The van der Waals surface area contributed by atoms with Crippen molar-refractivity contribution in [2.24, 2.45) is 0 Å². The molecule has 0 amide bonds. The van der Waals surface area contributed by atoms with Crippen LogP contribution in [-0.2, 0) is 0 Å². The van der Waals surface area contributed by atoms with Crippen LogP contribution in [0.25, 0.3) is 119 Å². The van der Waals surface area contributed by atoms with E-state index in [0.717, 1.165) is 33.2 Å². The molecule has 0 aliphatic rings. The monoisotopic (exact) mass is 716 g/mol. The molecule has 5 aromatic heterocycles.